The van der Waals surface area contributed by atoms with E-state index in [-0.39, 0.29) is 11.9 Å². The lowest BCUT2D eigenvalue weighted by Gasteiger charge is -2.34. The van der Waals surface area contributed by atoms with Crippen LogP contribution < -0.4 is 5.32 Å². The number of ether oxygens (including phenoxy) is 1. The van der Waals surface area contributed by atoms with Gasteiger partial charge in [-0.25, -0.2) is 0 Å². The highest BCUT2D eigenvalue weighted by Gasteiger charge is 2.26. The van der Waals surface area contributed by atoms with Crippen molar-refractivity contribution in [2.45, 2.75) is 25.4 Å². The molecular formula is C11H20N2O2S. The van der Waals surface area contributed by atoms with E-state index in [9.17, 15) is 4.79 Å². The molecule has 0 bridgehead atoms. The first-order chi connectivity index (χ1) is 7.77. The Hall–Kier alpha value is -0.260. The van der Waals surface area contributed by atoms with E-state index in [2.05, 4.69) is 12.2 Å². The van der Waals surface area contributed by atoms with Crippen molar-refractivity contribution < 1.29 is 9.53 Å². The number of morpholine rings is 1. The first-order valence-corrected chi connectivity index (χ1v) is 7.11. The van der Waals surface area contributed by atoms with Crippen LogP contribution in [0.15, 0.2) is 0 Å². The number of nitrogens with zero attached hydrogens (tertiary/aromatic N) is 1. The number of nitrogens with one attached hydrogen (secondary N) is 1. The summed E-state index contributed by atoms with van der Waals surface area (Å²) in [6.07, 6.45) is 0.578. The van der Waals surface area contributed by atoms with Crippen molar-refractivity contribution in [3.05, 3.63) is 0 Å². The van der Waals surface area contributed by atoms with E-state index in [1.54, 1.807) is 0 Å². The number of thioether (sulfide) groups is 1. The molecule has 2 aliphatic heterocycles. The van der Waals surface area contributed by atoms with Gasteiger partial charge < -0.3 is 15.0 Å². The predicted octanol–water partition coefficient (Wildman–Crippen LogP) is 0.329. The molecule has 0 saturated carbocycles. The molecule has 0 aromatic rings. The van der Waals surface area contributed by atoms with Crippen LogP contribution in [0.1, 0.15) is 13.3 Å². The SMILES string of the molecule is CC1CSCCN1C(=O)CC1COCCN1. The van der Waals surface area contributed by atoms with Crippen LogP contribution in [0.25, 0.3) is 0 Å². The molecule has 2 atom stereocenters. The van der Waals surface area contributed by atoms with Crippen LogP contribution in [0.4, 0.5) is 0 Å². The van der Waals surface area contributed by atoms with Crippen LogP contribution in [0.3, 0.4) is 0 Å². The summed E-state index contributed by atoms with van der Waals surface area (Å²) in [6.45, 7) is 5.33. The number of hydrogen-bond acceptors (Lipinski definition) is 4. The van der Waals surface area contributed by atoms with Gasteiger partial charge in [0.05, 0.1) is 13.2 Å². The normalized spacial score (nSPS) is 31.4. The molecule has 1 amide bonds. The topological polar surface area (TPSA) is 41.6 Å². The largest absolute Gasteiger partial charge is 0.378 e. The Morgan fingerprint density at radius 1 is 1.62 bits per heavy atom. The van der Waals surface area contributed by atoms with Gasteiger partial charge in [-0.1, -0.05) is 0 Å². The molecule has 5 heteroatoms. The zero-order valence-corrected chi connectivity index (χ0v) is 10.6. The quantitative estimate of drug-likeness (QED) is 0.760. The molecule has 0 spiro atoms. The molecular weight excluding hydrogens is 224 g/mol. The van der Waals surface area contributed by atoms with Gasteiger partial charge in [0, 0.05) is 43.1 Å². The fraction of sp³-hybridized carbons (Fsp3) is 0.909. The Morgan fingerprint density at radius 2 is 2.50 bits per heavy atom. The number of carbonyl (C=O) groups is 1. The van der Waals surface area contributed by atoms with Crippen molar-refractivity contribution in [3.8, 4) is 0 Å². The molecule has 2 fully saturated rings. The van der Waals surface area contributed by atoms with Crippen molar-refractivity contribution in [3.63, 3.8) is 0 Å². The third-order valence-electron chi connectivity index (χ3n) is 3.11. The summed E-state index contributed by atoms with van der Waals surface area (Å²) in [4.78, 5) is 14.1. The van der Waals surface area contributed by atoms with Gasteiger partial charge in [0.1, 0.15) is 0 Å². The lowest BCUT2D eigenvalue weighted by atomic mass is 10.1. The van der Waals surface area contributed by atoms with Crippen LogP contribution in [-0.2, 0) is 9.53 Å². The molecule has 2 rings (SSSR count). The van der Waals surface area contributed by atoms with E-state index in [0.717, 1.165) is 31.2 Å². The molecule has 2 aliphatic rings. The lowest BCUT2D eigenvalue weighted by Crippen LogP contribution is -2.49. The molecule has 0 aromatic heterocycles. The van der Waals surface area contributed by atoms with Crippen LogP contribution in [0.2, 0.25) is 0 Å². The van der Waals surface area contributed by atoms with Crippen molar-refractivity contribution in [2.75, 3.05) is 37.8 Å². The second-order valence-electron chi connectivity index (χ2n) is 4.44. The first kappa shape index (κ1) is 12.2. The van der Waals surface area contributed by atoms with Crippen molar-refractivity contribution >= 4 is 17.7 Å². The molecule has 2 heterocycles. The number of rotatable bonds is 2. The summed E-state index contributed by atoms with van der Waals surface area (Å²) >= 11 is 1.94. The van der Waals surface area contributed by atoms with Crippen LogP contribution in [0.5, 0.6) is 0 Å². The minimum absolute atomic E-state index is 0.211. The minimum Gasteiger partial charge on any atom is -0.378 e. The second-order valence-corrected chi connectivity index (χ2v) is 5.59. The van der Waals surface area contributed by atoms with E-state index in [4.69, 9.17) is 4.74 Å². The van der Waals surface area contributed by atoms with Crippen LogP contribution in [-0.4, -0.2) is 60.7 Å². The summed E-state index contributed by atoms with van der Waals surface area (Å²) in [5.41, 5.74) is 0. The standard InChI is InChI=1S/C11H20N2O2S/c1-9-8-16-5-3-13(9)11(14)6-10-7-15-4-2-12-10/h9-10,12H,2-8H2,1H3. The number of amides is 1. The second kappa shape index (κ2) is 5.89. The summed E-state index contributed by atoms with van der Waals surface area (Å²) in [6, 6.07) is 0.596. The van der Waals surface area contributed by atoms with Crippen LogP contribution >= 0.6 is 11.8 Å². The average Bonchev–Trinajstić information content (AvgIpc) is 2.31. The van der Waals surface area contributed by atoms with Crippen molar-refractivity contribution in [2.24, 2.45) is 0 Å². The van der Waals surface area contributed by atoms with E-state index in [1.165, 1.54) is 0 Å². The summed E-state index contributed by atoms with van der Waals surface area (Å²) in [5.74, 6) is 2.42. The summed E-state index contributed by atoms with van der Waals surface area (Å²) in [7, 11) is 0. The molecule has 2 unspecified atom stereocenters. The Bertz CT molecular complexity index is 244. The van der Waals surface area contributed by atoms with Crippen LogP contribution in [0, 0.1) is 0 Å². The highest BCUT2D eigenvalue weighted by molar-refractivity contribution is 7.99. The highest BCUT2D eigenvalue weighted by Crippen LogP contribution is 2.17. The Balaban J connectivity index is 1.81. The minimum atomic E-state index is 0.211. The fourth-order valence-electron chi connectivity index (χ4n) is 2.18. The van der Waals surface area contributed by atoms with Gasteiger partial charge in [0.2, 0.25) is 5.91 Å². The molecule has 16 heavy (non-hydrogen) atoms. The van der Waals surface area contributed by atoms with E-state index >= 15 is 0 Å². The Kier molecular flexibility index (Phi) is 4.49. The van der Waals surface area contributed by atoms with Gasteiger partial charge in [-0.15, -0.1) is 0 Å². The van der Waals surface area contributed by atoms with Crippen molar-refractivity contribution in [1.29, 1.82) is 0 Å². The van der Waals surface area contributed by atoms with Gasteiger partial charge >= 0.3 is 0 Å². The van der Waals surface area contributed by atoms with Gasteiger partial charge in [-0.05, 0) is 6.92 Å². The maximum Gasteiger partial charge on any atom is 0.224 e. The average molecular weight is 244 g/mol. The van der Waals surface area contributed by atoms with Gasteiger partial charge in [-0.2, -0.15) is 11.8 Å². The zero-order chi connectivity index (χ0) is 11.4. The monoisotopic (exact) mass is 244 g/mol. The first-order valence-electron chi connectivity index (χ1n) is 5.95. The van der Waals surface area contributed by atoms with Crippen molar-refractivity contribution in [1.82, 2.24) is 10.2 Å². The maximum absolute atomic E-state index is 12.1. The molecule has 2 saturated heterocycles. The third-order valence-corrected chi connectivity index (χ3v) is 4.30. The third kappa shape index (κ3) is 3.12. The number of carbonyl (C=O) groups excluding carboxylic acids is 1. The predicted molar refractivity (Wildman–Crippen MR) is 65.7 cm³/mol. The fourth-order valence-corrected chi connectivity index (χ4v) is 3.19. The molecule has 0 radical (unpaired) electrons. The lowest BCUT2D eigenvalue weighted by molar-refractivity contribution is -0.133. The number of hydrogen-bond donors (Lipinski definition) is 1. The molecule has 92 valence electrons. The highest BCUT2D eigenvalue weighted by atomic mass is 32.2. The maximum atomic E-state index is 12.1. The zero-order valence-electron chi connectivity index (χ0n) is 9.78. The molecule has 1 N–H and O–H groups in total. The van der Waals surface area contributed by atoms with Gasteiger partial charge in [0.25, 0.3) is 0 Å². The van der Waals surface area contributed by atoms with E-state index in [1.807, 2.05) is 16.7 Å². The molecule has 0 aromatic carbocycles. The molecule has 0 aliphatic carbocycles. The van der Waals surface area contributed by atoms with Gasteiger partial charge in [0.15, 0.2) is 0 Å². The summed E-state index contributed by atoms with van der Waals surface area (Å²) < 4.78 is 5.36. The Morgan fingerprint density at radius 3 is 3.19 bits per heavy atom. The molecule has 4 nitrogen and oxygen atoms in total. The van der Waals surface area contributed by atoms with Gasteiger partial charge in [-0.3, -0.25) is 4.79 Å². The Labute approximate surface area is 101 Å². The smallest absolute Gasteiger partial charge is 0.224 e. The van der Waals surface area contributed by atoms with E-state index in [0.29, 0.717) is 19.1 Å². The summed E-state index contributed by atoms with van der Waals surface area (Å²) in [5, 5.41) is 3.33. The van der Waals surface area contributed by atoms with E-state index < -0.39 is 0 Å².